The summed E-state index contributed by atoms with van der Waals surface area (Å²) in [5.74, 6) is -4.72. The van der Waals surface area contributed by atoms with Gasteiger partial charge in [-0.1, -0.05) is 110 Å². The van der Waals surface area contributed by atoms with Gasteiger partial charge in [0.2, 0.25) is 0 Å². The van der Waals surface area contributed by atoms with Crippen molar-refractivity contribution < 1.29 is 39.2 Å². The van der Waals surface area contributed by atoms with E-state index in [-0.39, 0.29) is 6.42 Å². The van der Waals surface area contributed by atoms with Crippen LogP contribution in [0.15, 0.2) is 47.6 Å². The van der Waals surface area contributed by atoms with E-state index in [2.05, 4.69) is 13.8 Å². The molecule has 2 fully saturated rings. The molecule has 48 heavy (non-hydrogen) atoms. The van der Waals surface area contributed by atoms with Crippen molar-refractivity contribution in [2.75, 3.05) is 6.61 Å². The number of Topliss-reactive ketones (excluding diaryl/α,β-unsaturated/α-hetero) is 1. The minimum atomic E-state index is -1.96. The second-order valence-corrected chi connectivity index (χ2v) is 15.4. The number of carbonyl (C=O) groups is 3. The van der Waals surface area contributed by atoms with Crippen molar-refractivity contribution in [2.45, 2.75) is 148 Å². The number of aliphatic hydroxyl groups is 3. The fourth-order valence-corrected chi connectivity index (χ4v) is 9.28. The molecular formula is C40H60O8. The van der Waals surface area contributed by atoms with Crippen LogP contribution < -0.4 is 0 Å². The lowest BCUT2D eigenvalue weighted by atomic mass is 9.59. The molecule has 2 saturated carbocycles. The van der Waals surface area contributed by atoms with Gasteiger partial charge in [0.05, 0.1) is 12.2 Å². The van der Waals surface area contributed by atoms with Gasteiger partial charge in [0.1, 0.15) is 11.7 Å². The van der Waals surface area contributed by atoms with Gasteiger partial charge in [0.25, 0.3) is 0 Å². The number of esters is 2. The summed E-state index contributed by atoms with van der Waals surface area (Å²) in [6.45, 7) is 11.2. The summed E-state index contributed by atoms with van der Waals surface area (Å²) in [5.41, 5.74) is -4.97. The molecule has 0 aromatic carbocycles. The van der Waals surface area contributed by atoms with Crippen molar-refractivity contribution >= 4 is 17.7 Å². The molecule has 8 unspecified atom stereocenters. The molecule has 0 bridgehead atoms. The van der Waals surface area contributed by atoms with E-state index in [1.165, 1.54) is 25.0 Å². The summed E-state index contributed by atoms with van der Waals surface area (Å²) in [4.78, 5) is 40.3. The Labute approximate surface area is 287 Å². The minimum Gasteiger partial charge on any atom is -0.455 e. The number of aliphatic hydroxyl groups excluding tert-OH is 1. The number of fused-ring (bicyclic) bond motifs is 5. The van der Waals surface area contributed by atoms with Crippen molar-refractivity contribution in [2.24, 2.45) is 29.1 Å². The van der Waals surface area contributed by atoms with Gasteiger partial charge in [-0.2, -0.15) is 0 Å². The normalized spacial score (nSPS) is 35.0. The highest BCUT2D eigenvalue weighted by Crippen LogP contribution is 2.77. The molecule has 268 valence electrons. The zero-order valence-electron chi connectivity index (χ0n) is 30.1. The number of allylic oxidation sites excluding steroid dienone is 2. The van der Waals surface area contributed by atoms with Crippen LogP contribution in [0, 0.1) is 29.1 Å². The van der Waals surface area contributed by atoms with E-state index >= 15 is 0 Å². The molecule has 0 amide bonds. The maximum absolute atomic E-state index is 13.5. The van der Waals surface area contributed by atoms with Crippen LogP contribution in [0.4, 0.5) is 0 Å². The van der Waals surface area contributed by atoms with Crippen LogP contribution in [-0.2, 0) is 23.9 Å². The minimum absolute atomic E-state index is 0.126. The van der Waals surface area contributed by atoms with Crippen LogP contribution in [-0.4, -0.2) is 62.6 Å². The van der Waals surface area contributed by atoms with Gasteiger partial charge in [-0.3, -0.25) is 4.79 Å². The van der Waals surface area contributed by atoms with Crippen LogP contribution in [0.25, 0.3) is 0 Å². The predicted molar refractivity (Wildman–Crippen MR) is 186 cm³/mol. The van der Waals surface area contributed by atoms with Crippen LogP contribution in [0.2, 0.25) is 0 Å². The van der Waals surface area contributed by atoms with E-state index in [9.17, 15) is 29.7 Å². The number of ketones is 1. The summed E-state index contributed by atoms with van der Waals surface area (Å²) in [6.07, 6.45) is 21.3. The zero-order chi connectivity index (χ0) is 35.3. The molecule has 0 aromatic rings. The Morgan fingerprint density at radius 1 is 0.896 bits per heavy atom. The number of hydrogen-bond donors (Lipinski definition) is 3. The van der Waals surface area contributed by atoms with E-state index in [1.807, 2.05) is 19.9 Å². The Bertz CT molecular complexity index is 1310. The van der Waals surface area contributed by atoms with Gasteiger partial charge >= 0.3 is 11.9 Å². The molecule has 8 atom stereocenters. The third-order valence-electron chi connectivity index (χ3n) is 11.9. The van der Waals surface area contributed by atoms with Gasteiger partial charge < -0.3 is 24.8 Å². The second kappa shape index (κ2) is 15.6. The predicted octanol–water partition coefficient (Wildman–Crippen LogP) is 6.87. The summed E-state index contributed by atoms with van der Waals surface area (Å²) >= 11 is 0. The topological polar surface area (TPSA) is 130 Å². The van der Waals surface area contributed by atoms with Crippen molar-refractivity contribution in [1.29, 1.82) is 0 Å². The molecule has 4 aliphatic carbocycles. The number of unbranched alkanes of at least 4 members (excludes halogenated alkanes) is 10. The van der Waals surface area contributed by atoms with Crippen LogP contribution in [0.5, 0.6) is 0 Å². The summed E-state index contributed by atoms with van der Waals surface area (Å²) in [5, 5.41) is 35.2. The molecule has 4 aliphatic rings. The van der Waals surface area contributed by atoms with Crippen LogP contribution in [0.3, 0.4) is 0 Å². The van der Waals surface area contributed by atoms with E-state index in [4.69, 9.17) is 9.47 Å². The van der Waals surface area contributed by atoms with Crippen LogP contribution in [0.1, 0.15) is 125 Å². The number of carbonyl (C=O) groups excluding carboxylic acids is 3. The van der Waals surface area contributed by atoms with E-state index in [0.29, 0.717) is 11.1 Å². The van der Waals surface area contributed by atoms with E-state index in [1.54, 1.807) is 32.1 Å². The largest absolute Gasteiger partial charge is 0.455 e. The maximum atomic E-state index is 13.5. The lowest BCUT2D eigenvalue weighted by Crippen LogP contribution is -2.66. The third kappa shape index (κ3) is 6.91. The van der Waals surface area contributed by atoms with Crippen molar-refractivity contribution in [3.8, 4) is 0 Å². The highest BCUT2D eigenvalue weighted by atomic mass is 16.6. The monoisotopic (exact) mass is 668 g/mol. The zero-order valence-corrected chi connectivity index (χ0v) is 30.1. The molecule has 0 saturated heterocycles. The standard InChI is InChI=1S/C40H60O8/c1-7-9-11-13-15-17-19-21-32(42)47-36-28(4)39(46)30(24-29(26-41)25-38(45)31(39)23-27(3)35(38)44)34-37(5,6)40(34,36)48-33(43)22-20-18-16-14-12-10-8-2/h19-24,28,30-31,34,36,41,45-46H,7-18,25-26H2,1-6H3/b21-19+,22-20+. The number of rotatable bonds is 17. The Balaban J connectivity index is 1.68. The quantitative estimate of drug-likeness (QED) is 0.0663. The Kier molecular flexibility index (Phi) is 12.4. The molecule has 4 rings (SSSR count). The SMILES string of the molecule is CCCCCCC/C=C/C(=O)OC1C(C)C2(O)C(C=C(CO)CC3(O)C(=O)C(C)=CC32)C2C(C)(C)C12OC(=O)/C=C/CCCCCCC. The van der Waals surface area contributed by atoms with E-state index in [0.717, 1.165) is 64.2 Å². The first-order valence-electron chi connectivity index (χ1n) is 18.5. The Morgan fingerprint density at radius 3 is 2.02 bits per heavy atom. The molecule has 8 heteroatoms. The molecule has 3 N–H and O–H groups in total. The van der Waals surface area contributed by atoms with Gasteiger partial charge in [-0.15, -0.1) is 0 Å². The Morgan fingerprint density at radius 2 is 1.46 bits per heavy atom. The number of ether oxygens (including phenoxy) is 2. The second-order valence-electron chi connectivity index (χ2n) is 15.4. The smallest absolute Gasteiger partial charge is 0.331 e. The molecule has 8 nitrogen and oxygen atoms in total. The lowest BCUT2D eigenvalue weighted by Gasteiger charge is -2.53. The first-order chi connectivity index (χ1) is 22.8. The molecule has 0 aromatic heterocycles. The van der Waals surface area contributed by atoms with E-state index < -0.39 is 76.3 Å². The number of hydrogen-bond acceptors (Lipinski definition) is 8. The molecule has 0 spiro atoms. The van der Waals surface area contributed by atoms with Crippen LogP contribution >= 0.6 is 0 Å². The summed E-state index contributed by atoms with van der Waals surface area (Å²) in [6, 6.07) is 0. The molecule has 0 aliphatic heterocycles. The highest BCUT2D eigenvalue weighted by Gasteiger charge is 2.87. The maximum Gasteiger partial charge on any atom is 0.331 e. The lowest BCUT2D eigenvalue weighted by molar-refractivity contribution is -0.225. The molecule has 0 radical (unpaired) electrons. The van der Waals surface area contributed by atoms with Gasteiger partial charge in [0.15, 0.2) is 11.4 Å². The average molecular weight is 669 g/mol. The Hall–Kier alpha value is -2.55. The summed E-state index contributed by atoms with van der Waals surface area (Å²) in [7, 11) is 0. The van der Waals surface area contributed by atoms with Gasteiger partial charge in [0, 0.05) is 47.7 Å². The molecule has 0 heterocycles. The van der Waals surface area contributed by atoms with Crippen molar-refractivity contribution in [3.63, 3.8) is 0 Å². The third-order valence-corrected chi connectivity index (χ3v) is 11.9. The van der Waals surface area contributed by atoms with Crippen molar-refractivity contribution in [1.82, 2.24) is 0 Å². The highest BCUT2D eigenvalue weighted by molar-refractivity contribution is 6.04. The van der Waals surface area contributed by atoms with Crippen molar-refractivity contribution in [3.05, 3.63) is 47.6 Å². The fourth-order valence-electron chi connectivity index (χ4n) is 9.28. The fraction of sp³-hybridized carbons (Fsp3) is 0.725. The van der Waals surface area contributed by atoms with Gasteiger partial charge in [-0.25, -0.2) is 9.59 Å². The first kappa shape index (κ1) is 38.3. The summed E-state index contributed by atoms with van der Waals surface area (Å²) < 4.78 is 12.6. The molecular weight excluding hydrogens is 608 g/mol. The average Bonchev–Trinajstić information content (AvgIpc) is 3.47. The van der Waals surface area contributed by atoms with Gasteiger partial charge in [-0.05, 0) is 43.8 Å². The first-order valence-corrected chi connectivity index (χ1v) is 18.5.